The molecule has 0 heterocycles. The van der Waals surface area contributed by atoms with Crippen molar-refractivity contribution in [3.63, 3.8) is 0 Å². The van der Waals surface area contributed by atoms with Gasteiger partial charge in [-0.15, -0.1) is 0 Å². The quantitative estimate of drug-likeness (QED) is 0.146. The van der Waals surface area contributed by atoms with Gasteiger partial charge >= 0.3 is 408 Å². The molecule has 0 fully saturated rings. The monoisotopic (exact) mass is 1090 g/mol. The van der Waals surface area contributed by atoms with Gasteiger partial charge in [0.15, 0.2) is 0 Å². The summed E-state index contributed by atoms with van der Waals surface area (Å²) in [6.45, 7) is 11.9. The molecule has 70 heavy (non-hydrogen) atoms. The molecular formula is C55H44Cl2F12Zr. The van der Waals surface area contributed by atoms with Gasteiger partial charge in [0.05, 0.1) is 0 Å². The molecule has 0 N–H and O–H groups in total. The molecule has 0 atom stereocenters. The van der Waals surface area contributed by atoms with Crippen molar-refractivity contribution >= 4 is 20.2 Å². The van der Waals surface area contributed by atoms with E-state index in [2.05, 4.69) is 0 Å². The van der Waals surface area contributed by atoms with Gasteiger partial charge in [0, 0.05) is 0 Å². The van der Waals surface area contributed by atoms with Gasteiger partial charge < -0.3 is 0 Å². The predicted molar refractivity (Wildman–Crippen MR) is 252 cm³/mol. The Balaban J connectivity index is 1.71. The molecule has 8 rings (SSSR count). The normalized spacial score (nSPS) is 15.2. The van der Waals surface area contributed by atoms with Crippen molar-refractivity contribution in [3.05, 3.63) is 201 Å². The van der Waals surface area contributed by atoms with Gasteiger partial charge in [0.1, 0.15) is 0 Å². The molecule has 0 aliphatic heterocycles. The van der Waals surface area contributed by atoms with E-state index in [9.17, 15) is 52.7 Å². The second kappa shape index (κ2) is 17.2. The van der Waals surface area contributed by atoms with Gasteiger partial charge in [0.25, 0.3) is 0 Å². The SMILES string of the molecule is CC(C)(C)c1cc2c(cc1-c1ccccc1)[CH]([Zr]([Cl])([Cl])(=[C](c1cc(C(F)(F)F)cc(C(F)(F)F)c1)c1cc(C(F)(F)F)cc(C(F)(F)F)c1)[CH]1C=CC=C1)c1cc(-c3ccccc3)c(C(C)(C)C)cc1-2. The Hall–Kier alpha value is -4.71. The van der Waals surface area contributed by atoms with Crippen LogP contribution in [0, 0.1) is 0 Å². The fourth-order valence-corrected chi connectivity index (χ4v) is 29.3. The van der Waals surface area contributed by atoms with Gasteiger partial charge in [-0.2, -0.15) is 0 Å². The molecule has 0 bridgehead atoms. The van der Waals surface area contributed by atoms with Crippen molar-refractivity contribution in [1.82, 2.24) is 0 Å². The minimum atomic E-state index is -7.53. The first-order valence-electron chi connectivity index (χ1n) is 22.1. The van der Waals surface area contributed by atoms with Crippen LogP contribution in [0.2, 0.25) is 3.63 Å². The molecule has 2 aliphatic carbocycles. The minimum absolute atomic E-state index is 0.170. The summed E-state index contributed by atoms with van der Waals surface area (Å²) in [6.07, 6.45) is -16.1. The molecular weight excluding hydrogens is 1050 g/mol. The van der Waals surface area contributed by atoms with Crippen molar-refractivity contribution in [2.24, 2.45) is 0 Å². The fraction of sp³-hybridized carbons (Fsp3) is 0.255. The number of rotatable bonds is 6. The third-order valence-corrected chi connectivity index (χ3v) is 32.8. The topological polar surface area (TPSA) is 0 Å². The molecule has 366 valence electrons. The Morgan fingerprint density at radius 3 is 1.01 bits per heavy atom. The van der Waals surface area contributed by atoms with Crippen molar-refractivity contribution in [3.8, 4) is 33.4 Å². The van der Waals surface area contributed by atoms with Crippen LogP contribution in [0.4, 0.5) is 52.7 Å². The maximum atomic E-state index is 15.0. The van der Waals surface area contributed by atoms with Gasteiger partial charge in [-0.1, -0.05) is 0 Å². The molecule has 0 spiro atoms. The number of hydrogen-bond donors (Lipinski definition) is 0. The van der Waals surface area contributed by atoms with Crippen LogP contribution in [0.15, 0.2) is 146 Å². The summed E-state index contributed by atoms with van der Waals surface area (Å²) in [5, 5.41) is 0. The molecule has 0 amide bonds. The zero-order valence-corrected chi connectivity index (χ0v) is 42.3. The van der Waals surface area contributed by atoms with E-state index < -0.39 is 95.3 Å². The van der Waals surface area contributed by atoms with Crippen LogP contribution in [-0.2, 0) is 51.4 Å². The Morgan fingerprint density at radius 1 is 0.414 bits per heavy atom. The third-order valence-electron chi connectivity index (χ3n) is 13.2. The van der Waals surface area contributed by atoms with E-state index in [4.69, 9.17) is 17.0 Å². The standard InChI is InChI=1S/C33H33.C17H6F12.C5H5.2ClH.Zr/c1-32(2,3)30-20-26-24(18-28(30)22-13-9-7-10-14-22)17-25-19-29(23-15-11-8-12-16-23)31(21-27(25)26)33(4,5)6;18-14(19,20)10-2-8(3-11(6-10)15(21,22)23)1-9-4-12(16(24,25)26)7-13(5-9)17(27,28)29;1-2-4-5-3-1;;;/h7-21H,1-6H3;2-7H;1-5H;2*1H;/q;;;;;+2/p-2. The first-order chi connectivity index (χ1) is 32.2. The molecule has 2 aliphatic rings. The van der Waals surface area contributed by atoms with E-state index in [0.29, 0.717) is 44.5 Å². The number of alkyl halides is 12. The van der Waals surface area contributed by atoms with Crippen LogP contribution >= 0.6 is 17.0 Å². The van der Waals surface area contributed by atoms with Crippen LogP contribution in [0.5, 0.6) is 0 Å². The van der Waals surface area contributed by atoms with Crippen LogP contribution in [-0.4, -0.2) is 3.21 Å². The number of fused-ring (bicyclic) bond motifs is 3. The number of allylic oxidation sites excluding steroid dienone is 4. The molecule has 6 aromatic carbocycles. The van der Waals surface area contributed by atoms with Crippen molar-refractivity contribution in [1.29, 1.82) is 0 Å². The van der Waals surface area contributed by atoms with E-state index in [1.165, 1.54) is 24.3 Å². The van der Waals surface area contributed by atoms with Gasteiger partial charge in [-0.3, -0.25) is 0 Å². The summed E-state index contributed by atoms with van der Waals surface area (Å²) < 4.78 is 176. The zero-order valence-electron chi connectivity index (χ0n) is 38.3. The summed E-state index contributed by atoms with van der Waals surface area (Å²) >= 11 is -7.53. The molecule has 15 heteroatoms. The second-order valence-electron chi connectivity index (χ2n) is 20.0. The van der Waals surface area contributed by atoms with Gasteiger partial charge in [-0.05, 0) is 0 Å². The summed E-state index contributed by atoms with van der Waals surface area (Å²) in [7, 11) is 17.1. The van der Waals surface area contributed by atoms with Gasteiger partial charge in [0.2, 0.25) is 0 Å². The van der Waals surface area contributed by atoms with E-state index in [1.54, 1.807) is 36.4 Å². The first kappa shape index (κ1) is 51.6. The van der Waals surface area contributed by atoms with Crippen LogP contribution < -0.4 is 0 Å². The summed E-state index contributed by atoms with van der Waals surface area (Å²) in [5.41, 5.74) is -4.66. The van der Waals surface area contributed by atoms with E-state index >= 15 is 0 Å². The number of hydrogen-bond acceptors (Lipinski definition) is 0. The molecule has 0 aromatic heterocycles. The van der Waals surface area contributed by atoms with Crippen molar-refractivity contribution < 1.29 is 68.6 Å². The predicted octanol–water partition coefficient (Wildman–Crippen LogP) is 18.9. The average molecular weight is 1100 g/mol. The molecule has 0 nitrogen and oxygen atoms in total. The molecule has 0 radical (unpaired) electrons. The fourth-order valence-electron chi connectivity index (χ4n) is 10.1. The third kappa shape index (κ3) is 9.32. The molecule has 0 saturated heterocycles. The Labute approximate surface area is 405 Å². The average Bonchev–Trinajstić information content (AvgIpc) is 3.93. The summed E-state index contributed by atoms with van der Waals surface area (Å²) in [4.78, 5) is 0. The van der Waals surface area contributed by atoms with Gasteiger partial charge in [-0.25, -0.2) is 0 Å². The Kier molecular flexibility index (Phi) is 12.7. The molecule has 6 aromatic rings. The number of halogens is 14. The van der Waals surface area contributed by atoms with Crippen LogP contribution in [0.25, 0.3) is 33.4 Å². The van der Waals surface area contributed by atoms with E-state index in [0.717, 1.165) is 11.1 Å². The maximum absolute atomic E-state index is 15.0. The Morgan fingerprint density at radius 2 is 0.729 bits per heavy atom. The first-order valence-corrected chi connectivity index (χ1v) is 32.5. The van der Waals surface area contributed by atoms with Crippen LogP contribution in [0.3, 0.4) is 0 Å². The Bertz CT molecular complexity index is 2910. The van der Waals surface area contributed by atoms with Crippen LogP contribution in [0.1, 0.15) is 101 Å². The zero-order chi connectivity index (χ0) is 51.4. The van der Waals surface area contributed by atoms with Crippen molar-refractivity contribution in [2.75, 3.05) is 0 Å². The molecule has 0 saturated carbocycles. The van der Waals surface area contributed by atoms with E-state index in [-0.39, 0.29) is 36.4 Å². The van der Waals surface area contributed by atoms with Crippen molar-refractivity contribution in [2.45, 2.75) is 84.3 Å². The summed E-state index contributed by atoms with van der Waals surface area (Å²) in [5.74, 6) is 0. The second-order valence-corrected chi connectivity index (χ2v) is 40.8. The molecule has 0 unspecified atom stereocenters. The number of benzene rings is 6. The summed E-state index contributed by atoms with van der Waals surface area (Å²) in [6, 6.07) is 26.5. The van der Waals surface area contributed by atoms with E-state index in [1.807, 2.05) is 90.1 Å².